The lowest BCUT2D eigenvalue weighted by atomic mass is 9.95. The largest absolute Gasteiger partial charge is 0.748 e. The predicted octanol–water partition coefficient (Wildman–Crippen LogP) is 1.38. The third-order valence-corrected chi connectivity index (χ3v) is 7.35. The first kappa shape index (κ1) is 21.2. The molecule has 2 saturated heterocycles. The standard InChI is InChI=1S/C20H29NO6S/c1-21(10-5-11-28(24,25)26)16-8-9-17(21)13-18(12-16)27-20(23)19(14-22)15-6-3-2-4-7-15/h2-4,6-7,16-19,22H,5,8-14H2,1H3. The lowest BCUT2D eigenvalue weighted by molar-refractivity contribution is -0.949. The van der Waals surface area contributed by atoms with Gasteiger partial charge in [-0.05, 0) is 5.56 Å². The van der Waals surface area contributed by atoms with Crippen molar-refractivity contribution in [1.82, 2.24) is 0 Å². The zero-order chi connectivity index (χ0) is 20.4. The van der Waals surface area contributed by atoms with Crippen molar-refractivity contribution in [3.8, 4) is 0 Å². The molecule has 0 saturated carbocycles. The molecule has 0 spiro atoms. The molecule has 8 heteroatoms. The van der Waals surface area contributed by atoms with Crippen LogP contribution in [0, 0.1) is 0 Å². The molecule has 156 valence electrons. The Bertz CT molecular complexity index is 767. The number of rotatable bonds is 8. The van der Waals surface area contributed by atoms with Crippen LogP contribution in [0.3, 0.4) is 0 Å². The second-order valence-corrected chi connectivity index (χ2v) is 9.77. The lowest BCUT2D eigenvalue weighted by Crippen LogP contribution is -2.59. The van der Waals surface area contributed by atoms with E-state index in [1.807, 2.05) is 30.3 Å². The molecule has 2 aliphatic rings. The number of benzene rings is 1. The van der Waals surface area contributed by atoms with Crippen molar-refractivity contribution >= 4 is 16.1 Å². The van der Waals surface area contributed by atoms with Gasteiger partial charge in [-0.25, -0.2) is 8.42 Å². The van der Waals surface area contributed by atoms with Gasteiger partial charge in [-0.15, -0.1) is 0 Å². The molecule has 28 heavy (non-hydrogen) atoms. The Hall–Kier alpha value is -1.48. The fourth-order valence-corrected chi connectivity index (χ4v) is 5.47. The first-order valence-corrected chi connectivity index (χ1v) is 11.5. The molecule has 1 aromatic rings. The molecule has 7 nitrogen and oxygen atoms in total. The number of nitrogens with zero attached hydrogens (tertiary/aromatic N) is 1. The van der Waals surface area contributed by atoms with E-state index in [9.17, 15) is 22.9 Å². The summed E-state index contributed by atoms with van der Waals surface area (Å²) in [5.41, 5.74) is 0.744. The van der Waals surface area contributed by atoms with Crippen molar-refractivity contribution in [2.75, 3.05) is 26.0 Å². The highest BCUT2D eigenvalue weighted by atomic mass is 32.2. The molecule has 3 unspecified atom stereocenters. The highest BCUT2D eigenvalue weighted by Gasteiger charge is 2.52. The minimum atomic E-state index is -4.18. The van der Waals surface area contributed by atoms with E-state index in [0.717, 1.165) is 35.7 Å². The number of esters is 1. The molecular formula is C20H29NO6S. The molecule has 3 rings (SSSR count). The van der Waals surface area contributed by atoms with Gasteiger partial charge in [0.1, 0.15) is 12.0 Å². The van der Waals surface area contributed by atoms with E-state index < -0.39 is 22.0 Å². The maximum absolute atomic E-state index is 12.6. The maximum Gasteiger partial charge on any atom is 0.316 e. The van der Waals surface area contributed by atoms with Crippen LogP contribution in [0.25, 0.3) is 0 Å². The van der Waals surface area contributed by atoms with E-state index >= 15 is 0 Å². The number of aliphatic hydroxyl groups is 1. The highest BCUT2D eigenvalue weighted by Crippen LogP contribution is 2.42. The van der Waals surface area contributed by atoms with E-state index in [0.29, 0.717) is 25.0 Å². The van der Waals surface area contributed by atoms with Gasteiger partial charge in [0.25, 0.3) is 0 Å². The smallest absolute Gasteiger partial charge is 0.316 e. The van der Waals surface area contributed by atoms with Crippen molar-refractivity contribution in [1.29, 1.82) is 0 Å². The fourth-order valence-electron chi connectivity index (χ4n) is 4.98. The average molecular weight is 412 g/mol. The van der Waals surface area contributed by atoms with Crippen LogP contribution in [-0.4, -0.2) is 72.7 Å². The molecule has 3 atom stereocenters. The van der Waals surface area contributed by atoms with Crippen molar-refractivity contribution in [3.05, 3.63) is 35.9 Å². The van der Waals surface area contributed by atoms with Crippen LogP contribution < -0.4 is 0 Å². The Balaban J connectivity index is 1.60. The van der Waals surface area contributed by atoms with Gasteiger partial charge in [-0.1, -0.05) is 30.3 Å². The van der Waals surface area contributed by atoms with Gasteiger partial charge >= 0.3 is 5.97 Å². The number of fused-ring (bicyclic) bond motifs is 2. The van der Waals surface area contributed by atoms with Crippen LogP contribution in [0.2, 0.25) is 0 Å². The number of aliphatic hydroxyl groups excluding tert-OH is 1. The number of carbonyl (C=O) groups excluding carboxylic acids is 1. The van der Waals surface area contributed by atoms with Gasteiger partial charge in [0.15, 0.2) is 0 Å². The Kier molecular flexibility index (Phi) is 6.44. The summed E-state index contributed by atoms with van der Waals surface area (Å²) in [5.74, 6) is -1.40. The zero-order valence-corrected chi connectivity index (χ0v) is 17.0. The quantitative estimate of drug-likeness (QED) is 0.394. The van der Waals surface area contributed by atoms with Gasteiger partial charge in [-0.2, -0.15) is 0 Å². The Labute approximate surface area is 166 Å². The van der Waals surface area contributed by atoms with Gasteiger partial charge in [0.2, 0.25) is 0 Å². The summed E-state index contributed by atoms with van der Waals surface area (Å²) in [4.78, 5) is 12.6. The summed E-state index contributed by atoms with van der Waals surface area (Å²) in [6.45, 7) is 0.362. The Morgan fingerprint density at radius 1 is 1.25 bits per heavy atom. The second kappa shape index (κ2) is 8.49. The Morgan fingerprint density at radius 2 is 1.86 bits per heavy atom. The molecule has 0 aromatic heterocycles. The van der Waals surface area contributed by atoms with E-state index in [2.05, 4.69) is 7.05 Å². The minimum absolute atomic E-state index is 0.183. The van der Waals surface area contributed by atoms with Crippen LogP contribution in [0.4, 0.5) is 0 Å². The third kappa shape index (κ3) is 4.74. The van der Waals surface area contributed by atoms with Crippen molar-refractivity contribution in [3.63, 3.8) is 0 Å². The number of hydrogen-bond acceptors (Lipinski definition) is 6. The van der Waals surface area contributed by atoms with Gasteiger partial charge < -0.3 is 18.9 Å². The van der Waals surface area contributed by atoms with Gasteiger partial charge in [0, 0.05) is 37.9 Å². The summed E-state index contributed by atoms with van der Waals surface area (Å²) in [6, 6.07) is 9.74. The van der Waals surface area contributed by atoms with Crippen LogP contribution in [0.15, 0.2) is 30.3 Å². The summed E-state index contributed by atoms with van der Waals surface area (Å²) < 4.78 is 39.2. The molecular weight excluding hydrogens is 382 g/mol. The normalized spacial score (nSPS) is 30.8. The molecule has 0 aliphatic carbocycles. The minimum Gasteiger partial charge on any atom is -0.748 e. The number of hydrogen-bond donors (Lipinski definition) is 1. The van der Waals surface area contributed by atoms with Crippen molar-refractivity contribution in [2.24, 2.45) is 0 Å². The van der Waals surface area contributed by atoms with Crippen molar-refractivity contribution in [2.45, 2.75) is 56.2 Å². The summed E-state index contributed by atoms with van der Waals surface area (Å²) in [5, 5.41) is 9.66. The summed E-state index contributed by atoms with van der Waals surface area (Å²) in [7, 11) is -2.06. The Morgan fingerprint density at radius 3 is 2.39 bits per heavy atom. The van der Waals surface area contributed by atoms with E-state index in [-0.39, 0.29) is 18.5 Å². The topological polar surface area (TPSA) is 104 Å². The lowest BCUT2D eigenvalue weighted by Gasteiger charge is -2.47. The van der Waals surface area contributed by atoms with E-state index in [1.165, 1.54) is 0 Å². The highest BCUT2D eigenvalue weighted by molar-refractivity contribution is 7.85. The summed E-state index contributed by atoms with van der Waals surface area (Å²) in [6.07, 6.45) is 3.67. The van der Waals surface area contributed by atoms with E-state index in [1.54, 1.807) is 0 Å². The second-order valence-electron chi connectivity index (χ2n) is 8.25. The van der Waals surface area contributed by atoms with Crippen LogP contribution in [0.5, 0.6) is 0 Å². The zero-order valence-electron chi connectivity index (χ0n) is 16.2. The number of piperidine rings is 1. The molecule has 2 aliphatic heterocycles. The molecule has 2 bridgehead atoms. The predicted molar refractivity (Wildman–Crippen MR) is 102 cm³/mol. The fraction of sp³-hybridized carbons (Fsp3) is 0.650. The van der Waals surface area contributed by atoms with Gasteiger partial charge in [-0.3, -0.25) is 4.79 Å². The maximum atomic E-state index is 12.6. The van der Waals surface area contributed by atoms with Crippen LogP contribution in [-0.2, 0) is 19.6 Å². The van der Waals surface area contributed by atoms with E-state index in [4.69, 9.17) is 4.74 Å². The summed E-state index contributed by atoms with van der Waals surface area (Å²) >= 11 is 0. The molecule has 1 N–H and O–H groups in total. The SMILES string of the molecule is C[N+]1(CCCS(=O)(=O)[O-])C2CCC1CC(OC(=O)C(CO)c1ccccc1)C2. The average Bonchev–Trinajstić information content (AvgIpc) is 2.80. The molecule has 2 heterocycles. The first-order chi connectivity index (χ1) is 13.2. The first-order valence-electron chi connectivity index (χ1n) is 9.87. The number of ether oxygens (including phenoxy) is 1. The molecule has 2 fully saturated rings. The van der Waals surface area contributed by atoms with Crippen LogP contribution in [0.1, 0.15) is 43.6 Å². The van der Waals surface area contributed by atoms with Crippen LogP contribution >= 0.6 is 0 Å². The van der Waals surface area contributed by atoms with Gasteiger partial charge in [0.05, 0.1) is 42.4 Å². The third-order valence-electron chi connectivity index (χ3n) is 6.56. The number of quaternary nitrogens is 1. The number of carbonyl (C=O) groups is 1. The monoisotopic (exact) mass is 411 g/mol. The molecule has 1 aromatic carbocycles. The van der Waals surface area contributed by atoms with Crippen molar-refractivity contribution < 1.29 is 32.1 Å². The molecule has 0 amide bonds. The molecule has 0 radical (unpaired) electrons.